The first kappa shape index (κ1) is 11.1. The van der Waals surface area contributed by atoms with Crippen molar-refractivity contribution in [3.05, 3.63) is 30.1 Å². The zero-order valence-electron chi connectivity index (χ0n) is 9.61. The lowest BCUT2D eigenvalue weighted by molar-refractivity contribution is 0.429. The van der Waals surface area contributed by atoms with Crippen LogP contribution >= 0.6 is 0 Å². The third-order valence-electron chi connectivity index (χ3n) is 3.33. The highest BCUT2D eigenvalue weighted by Crippen LogP contribution is 2.48. The minimum atomic E-state index is 0.261. The van der Waals surface area contributed by atoms with Gasteiger partial charge in [-0.15, -0.1) is 0 Å². The molecular weight excluding hydrogens is 198 g/mol. The molecule has 1 aromatic heterocycles. The van der Waals surface area contributed by atoms with Crippen LogP contribution in [0.25, 0.3) is 0 Å². The monoisotopic (exact) mass is 215 g/mol. The molecule has 0 aliphatic heterocycles. The molecule has 0 unspecified atom stereocenters. The molecule has 0 spiro atoms. The summed E-state index contributed by atoms with van der Waals surface area (Å²) in [6.45, 7) is 3.04. The van der Waals surface area contributed by atoms with Crippen LogP contribution in [-0.2, 0) is 0 Å². The third-order valence-corrected chi connectivity index (χ3v) is 3.33. The van der Waals surface area contributed by atoms with Crippen molar-refractivity contribution >= 4 is 0 Å². The summed E-state index contributed by atoms with van der Waals surface area (Å²) in [5, 5.41) is 12.2. The molecule has 0 radical (unpaired) electrons. The molecule has 0 bridgehead atoms. The molecule has 1 N–H and O–H groups in total. The Morgan fingerprint density at radius 3 is 2.94 bits per heavy atom. The Morgan fingerprint density at radius 2 is 2.38 bits per heavy atom. The van der Waals surface area contributed by atoms with E-state index in [9.17, 15) is 0 Å². The van der Waals surface area contributed by atoms with Gasteiger partial charge in [0.2, 0.25) is 0 Å². The van der Waals surface area contributed by atoms with E-state index >= 15 is 0 Å². The number of hydrogen-bond acceptors (Lipinski definition) is 3. The molecule has 0 saturated heterocycles. The molecule has 1 aromatic rings. The van der Waals surface area contributed by atoms with Gasteiger partial charge in [0, 0.05) is 25.2 Å². The van der Waals surface area contributed by atoms with Gasteiger partial charge in [0.1, 0.15) is 0 Å². The molecule has 1 atom stereocenters. The second kappa shape index (κ2) is 4.63. The molecule has 1 heterocycles. The Kier molecular flexibility index (Phi) is 3.21. The van der Waals surface area contributed by atoms with Gasteiger partial charge in [-0.2, -0.15) is 5.26 Å². The predicted molar refractivity (Wildman–Crippen MR) is 62.6 cm³/mol. The minimum absolute atomic E-state index is 0.261. The van der Waals surface area contributed by atoms with Gasteiger partial charge in [0.25, 0.3) is 0 Å². The van der Waals surface area contributed by atoms with Gasteiger partial charge < -0.3 is 5.32 Å². The van der Waals surface area contributed by atoms with E-state index in [1.165, 1.54) is 12.8 Å². The summed E-state index contributed by atoms with van der Waals surface area (Å²) in [6.07, 6.45) is 4.86. The minimum Gasteiger partial charge on any atom is -0.308 e. The quantitative estimate of drug-likeness (QED) is 0.820. The molecule has 1 fully saturated rings. The largest absolute Gasteiger partial charge is 0.308 e. The van der Waals surface area contributed by atoms with E-state index in [1.807, 2.05) is 24.4 Å². The summed E-state index contributed by atoms with van der Waals surface area (Å²) in [5.41, 5.74) is 1.33. The van der Waals surface area contributed by atoms with E-state index in [4.69, 9.17) is 5.26 Å². The van der Waals surface area contributed by atoms with E-state index in [0.717, 1.165) is 12.2 Å². The number of nitrogens with one attached hydrogen (secondary N) is 1. The molecule has 3 heteroatoms. The zero-order chi connectivity index (χ0) is 11.4. The van der Waals surface area contributed by atoms with Gasteiger partial charge in [-0.1, -0.05) is 6.07 Å². The molecule has 2 rings (SSSR count). The van der Waals surface area contributed by atoms with Crippen LogP contribution in [0.3, 0.4) is 0 Å². The van der Waals surface area contributed by atoms with Crippen molar-refractivity contribution in [3.63, 3.8) is 0 Å². The summed E-state index contributed by atoms with van der Waals surface area (Å²) < 4.78 is 0. The fourth-order valence-electron chi connectivity index (χ4n) is 1.87. The number of nitrogens with zero attached hydrogens (tertiary/aromatic N) is 2. The predicted octanol–water partition coefficient (Wildman–Crippen LogP) is 2.43. The SMILES string of the molecule is C[C@H](NCC1(CC#N)CC1)c1ccccn1. The van der Waals surface area contributed by atoms with Crippen molar-refractivity contribution in [3.8, 4) is 6.07 Å². The lowest BCUT2D eigenvalue weighted by atomic mass is 10.0. The average molecular weight is 215 g/mol. The second-order valence-corrected chi connectivity index (χ2v) is 4.69. The Balaban J connectivity index is 1.85. The summed E-state index contributed by atoms with van der Waals surface area (Å²) in [7, 11) is 0. The molecule has 0 amide bonds. The summed E-state index contributed by atoms with van der Waals surface area (Å²) in [6, 6.07) is 8.50. The lowest BCUT2D eigenvalue weighted by Crippen LogP contribution is -2.27. The Labute approximate surface area is 96.5 Å². The van der Waals surface area contributed by atoms with Gasteiger partial charge in [-0.05, 0) is 37.3 Å². The molecular formula is C13H17N3. The number of aromatic nitrogens is 1. The van der Waals surface area contributed by atoms with Gasteiger partial charge in [0.05, 0.1) is 11.8 Å². The first-order valence-corrected chi connectivity index (χ1v) is 5.77. The fraction of sp³-hybridized carbons (Fsp3) is 0.538. The number of rotatable bonds is 5. The zero-order valence-corrected chi connectivity index (χ0v) is 9.61. The van der Waals surface area contributed by atoms with Crippen LogP contribution in [0.5, 0.6) is 0 Å². The Morgan fingerprint density at radius 1 is 1.56 bits per heavy atom. The van der Waals surface area contributed by atoms with E-state index in [0.29, 0.717) is 6.42 Å². The highest BCUT2D eigenvalue weighted by atomic mass is 15.0. The van der Waals surface area contributed by atoms with E-state index < -0.39 is 0 Å². The maximum atomic E-state index is 8.73. The molecule has 1 aliphatic carbocycles. The van der Waals surface area contributed by atoms with Crippen molar-refractivity contribution in [2.75, 3.05) is 6.54 Å². The number of hydrogen-bond donors (Lipinski definition) is 1. The first-order valence-electron chi connectivity index (χ1n) is 5.77. The molecule has 1 saturated carbocycles. The van der Waals surface area contributed by atoms with E-state index in [1.54, 1.807) is 0 Å². The first-order chi connectivity index (χ1) is 7.76. The van der Waals surface area contributed by atoms with Crippen molar-refractivity contribution < 1.29 is 0 Å². The van der Waals surface area contributed by atoms with Crippen LogP contribution in [0, 0.1) is 16.7 Å². The molecule has 0 aromatic carbocycles. The van der Waals surface area contributed by atoms with Crippen LogP contribution < -0.4 is 5.32 Å². The van der Waals surface area contributed by atoms with Gasteiger partial charge >= 0.3 is 0 Å². The lowest BCUT2D eigenvalue weighted by Gasteiger charge is -2.17. The fourth-order valence-corrected chi connectivity index (χ4v) is 1.87. The van der Waals surface area contributed by atoms with Crippen LogP contribution in [0.15, 0.2) is 24.4 Å². The van der Waals surface area contributed by atoms with Crippen LogP contribution in [0.1, 0.15) is 37.9 Å². The van der Waals surface area contributed by atoms with Gasteiger partial charge in [-0.3, -0.25) is 4.98 Å². The normalized spacial score (nSPS) is 18.8. The third kappa shape index (κ3) is 2.59. The molecule has 84 valence electrons. The molecule has 16 heavy (non-hydrogen) atoms. The van der Waals surface area contributed by atoms with Crippen molar-refractivity contribution in [1.82, 2.24) is 10.3 Å². The van der Waals surface area contributed by atoms with E-state index in [2.05, 4.69) is 23.3 Å². The number of nitriles is 1. The molecule has 3 nitrogen and oxygen atoms in total. The molecule has 1 aliphatic rings. The smallest absolute Gasteiger partial charge is 0.0628 e. The van der Waals surface area contributed by atoms with Gasteiger partial charge in [0.15, 0.2) is 0 Å². The Hall–Kier alpha value is -1.40. The topological polar surface area (TPSA) is 48.7 Å². The van der Waals surface area contributed by atoms with Crippen molar-refractivity contribution in [2.45, 2.75) is 32.2 Å². The van der Waals surface area contributed by atoms with Crippen molar-refractivity contribution in [1.29, 1.82) is 5.26 Å². The maximum absolute atomic E-state index is 8.73. The summed E-state index contributed by atoms with van der Waals surface area (Å²) in [4.78, 5) is 4.32. The maximum Gasteiger partial charge on any atom is 0.0628 e. The van der Waals surface area contributed by atoms with E-state index in [-0.39, 0.29) is 11.5 Å². The van der Waals surface area contributed by atoms with Gasteiger partial charge in [-0.25, -0.2) is 0 Å². The van der Waals surface area contributed by atoms with Crippen LogP contribution in [-0.4, -0.2) is 11.5 Å². The second-order valence-electron chi connectivity index (χ2n) is 4.69. The van der Waals surface area contributed by atoms with Crippen molar-refractivity contribution in [2.24, 2.45) is 5.41 Å². The van der Waals surface area contributed by atoms with Crippen LogP contribution in [0.4, 0.5) is 0 Å². The summed E-state index contributed by atoms with van der Waals surface area (Å²) in [5.74, 6) is 0. The highest BCUT2D eigenvalue weighted by Gasteiger charge is 2.42. The standard InChI is InChI=1S/C13H17N3/c1-11(12-4-2-3-9-15-12)16-10-13(5-6-13)7-8-14/h2-4,9,11,16H,5-7,10H2,1H3/t11-/m0/s1. The highest BCUT2D eigenvalue weighted by molar-refractivity contribution is 5.08. The van der Waals surface area contributed by atoms with Crippen LogP contribution in [0.2, 0.25) is 0 Å². The summed E-state index contributed by atoms with van der Waals surface area (Å²) >= 11 is 0. The Bertz CT molecular complexity index is 376. The average Bonchev–Trinajstić information content (AvgIpc) is 3.08. The number of pyridine rings is 1.